The van der Waals surface area contributed by atoms with E-state index in [0.717, 1.165) is 0 Å². The summed E-state index contributed by atoms with van der Waals surface area (Å²) in [7, 11) is 4.33. The summed E-state index contributed by atoms with van der Waals surface area (Å²) in [6.45, 7) is 4.81. The van der Waals surface area contributed by atoms with Crippen molar-refractivity contribution in [3.63, 3.8) is 0 Å². The summed E-state index contributed by atoms with van der Waals surface area (Å²) in [6.07, 6.45) is 5.24. The van der Waals surface area contributed by atoms with Crippen molar-refractivity contribution in [2.45, 2.75) is 38.1 Å². The van der Waals surface area contributed by atoms with Crippen molar-refractivity contribution in [2.75, 3.05) is 27.2 Å². The van der Waals surface area contributed by atoms with E-state index in [1.807, 2.05) is 0 Å². The maximum Gasteiger partial charge on any atom is 0.0188 e. The van der Waals surface area contributed by atoms with Crippen LogP contribution in [0.3, 0.4) is 0 Å². The lowest BCUT2D eigenvalue weighted by atomic mass is 9.88. The van der Waals surface area contributed by atoms with Gasteiger partial charge in [0.05, 0.1) is 0 Å². The molecule has 0 spiro atoms. The van der Waals surface area contributed by atoms with E-state index in [-0.39, 0.29) is 0 Å². The van der Waals surface area contributed by atoms with Crippen LogP contribution in [0.5, 0.6) is 0 Å². The summed E-state index contributed by atoms with van der Waals surface area (Å²) in [5, 5.41) is 3.50. The second-order valence-electron chi connectivity index (χ2n) is 4.04. The van der Waals surface area contributed by atoms with Crippen molar-refractivity contribution in [3.05, 3.63) is 0 Å². The van der Waals surface area contributed by atoms with Gasteiger partial charge < -0.3 is 10.2 Å². The van der Waals surface area contributed by atoms with Gasteiger partial charge in [0.25, 0.3) is 0 Å². The topological polar surface area (TPSA) is 15.3 Å². The molecule has 72 valence electrons. The van der Waals surface area contributed by atoms with Gasteiger partial charge in [-0.2, -0.15) is 0 Å². The Morgan fingerprint density at radius 2 is 2.08 bits per heavy atom. The van der Waals surface area contributed by atoms with Gasteiger partial charge in [-0.3, -0.25) is 0 Å². The predicted octanol–water partition coefficient (Wildman–Crippen LogP) is 1.47. The molecule has 2 heteroatoms. The molecule has 0 radical (unpaired) electrons. The molecule has 2 nitrogen and oxygen atoms in total. The maximum atomic E-state index is 3.50. The molecule has 12 heavy (non-hydrogen) atoms. The van der Waals surface area contributed by atoms with Crippen LogP contribution >= 0.6 is 0 Å². The Balaban J connectivity index is 2.52. The van der Waals surface area contributed by atoms with Crippen LogP contribution in [-0.2, 0) is 0 Å². The largest absolute Gasteiger partial charge is 0.314 e. The molecule has 0 bridgehead atoms. The normalized spacial score (nSPS) is 33.2. The Labute approximate surface area is 76.3 Å². The van der Waals surface area contributed by atoms with Gasteiger partial charge in [0.2, 0.25) is 0 Å². The van der Waals surface area contributed by atoms with E-state index >= 15 is 0 Å². The quantitative estimate of drug-likeness (QED) is 0.675. The highest BCUT2D eigenvalue weighted by molar-refractivity contribution is 4.88. The zero-order valence-corrected chi connectivity index (χ0v) is 8.69. The Morgan fingerprint density at radius 1 is 1.33 bits per heavy atom. The van der Waals surface area contributed by atoms with Gasteiger partial charge in [-0.15, -0.1) is 0 Å². The van der Waals surface area contributed by atoms with E-state index in [1.165, 1.54) is 38.8 Å². The maximum absolute atomic E-state index is 3.50. The molecule has 1 heterocycles. The third kappa shape index (κ3) is 2.20. The van der Waals surface area contributed by atoms with Crippen LogP contribution in [0.4, 0.5) is 0 Å². The summed E-state index contributed by atoms with van der Waals surface area (Å²) in [5.74, 6) is 0. The SMILES string of the molecule is CCC1(NC)CCCN(C)CC1. The Bertz CT molecular complexity index is 130. The van der Waals surface area contributed by atoms with Crippen LogP contribution < -0.4 is 5.32 Å². The predicted molar refractivity (Wildman–Crippen MR) is 53.4 cm³/mol. The van der Waals surface area contributed by atoms with E-state index in [4.69, 9.17) is 0 Å². The third-order valence-electron chi connectivity index (χ3n) is 3.37. The molecule has 1 aliphatic rings. The van der Waals surface area contributed by atoms with Crippen molar-refractivity contribution in [1.82, 2.24) is 10.2 Å². The number of rotatable bonds is 2. The lowest BCUT2D eigenvalue weighted by Crippen LogP contribution is -2.42. The van der Waals surface area contributed by atoms with Gasteiger partial charge in [-0.1, -0.05) is 6.92 Å². The minimum absolute atomic E-state index is 0.435. The summed E-state index contributed by atoms with van der Waals surface area (Å²) >= 11 is 0. The summed E-state index contributed by atoms with van der Waals surface area (Å²) < 4.78 is 0. The van der Waals surface area contributed by atoms with Gasteiger partial charge in [0.1, 0.15) is 0 Å². The van der Waals surface area contributed by atoms with Crippen LogP contribution in [0, 0.1) is 0 Å². The smallest absolute Gasteiger partial charge is 0.0188 e. The molecule has 0 saturated carbocycles. The molecule has 0 amide bonds. The second-order valence-corrected chi connectivity index (χ2v) is 4.04. The van der Waals surface area contributed by atoms with Gasteiger partial charge >= 0.3 is 0 Å². The fourth-order valence-corrected chi connectivity index (χ4v) is 2.11. The number of likely N-dealkylation sites (tertiary alicyclic amines) is 1. The number of hydrogen-bond donors (Lipinski definition) is 1. The highest BCUT2D eigenvalue weighted by Crippen LogP contribution is 2.24. The van der Waals surface area contributed by atoms with Gasteiger partial charge in [-0.05, 0) is 52.9 Å². The first kappa shape index (κ1) is 10.0. The molecule has 1 fully saturated rings. The molecule has 0 aromatic rings. The zero-order valence-electron chi connectivity index (χ0n) is 8.69. The zero-order chi connectivity index (χ0) is 9.03. The first-order valence-electron chi connectivity index (χ1n) is 5.10. The highest BCUT2D eigenvalue weighted by atomic mass is 15.1. The number of hydrogen-bond acceptors (Lipinski definition) is 2. The molecule has 1 aliphatic heterocycles. The molecule has 1 N–H and O–H groups in total. The van der Waals surface area contributed by atoms with Crippen LogP contribution in [0.25, 0.3) is 0 Å². The van der Waals surface area contributed by atoms with Gasteiger partial charge in [0.15, 0.2) is 0 Å². The first-order chi connectivity index (χ1) is 5.72. The van der Waals surface area contributed by atoms with Gasteiger partial charge in [0, 0.05) is 5.54 Å². The average molecular weight is 170 g/mol. The number of nitrogens with one attached hydrogen (secondary N) is 1. The second kappa shape index (κ2) is 4.24. The van der Waals surface area contributed by atoms with E-state index < -0.39 is 0 Å². The Hall–Kier alpha value is -0.0800. The fraction of sp³-hybridized carbons (Fsp3) is 1.00. The van der Waals surface area contributed by atoms with E-state index in [1.54, 1.807) is 0 Å². The number of nitrogens with zero attached hydrogens (tertiary/aromatic N) is 1. The molecule has 1 unspecified atom stereocenters. The standard InChI is InChI=1S/C10H22N2/c1-4-10(11-2)6-5-8-12(3)9-7-10/h11H,4-9H2,1-3H3. The van der Waals surface area contributed by atoms with Crippen molar-refractivity contribution < 1.29 is 0 Å². The van der Waals surface area contributed by atoms with Crippen molar-refractivity contribution in [1.29, 1.82) is 0 Å². The summed E-state index contributed by atoms with van der Waals surface area (Å²) in [6, 6.07) is 0. The monoisotopic (exact) mass is 170 g/mol. The van der Waals surface area contributed by atoms with Crippen LogP contribution in [0.1, 0.15) is 32.6 Å². The van der Waals surface area contributed by atoms with E-state index in [2.05, 4.69) is 31.2 Å². The molecule has 0 aromatic carbocycles. The summed E-state index contributed by atoms with van der Waals surface area (Å²) in [4.78, 5) is 2.44. The molecule has 0 aromatic heterocycles. The minimum Gasteiger partial charge on any atom is -0.314 e. The summed E-state index contributed by atoms with van der Waals surface area (Å²) in [5.41, 5.74) is 0.435. The van der Waals surface area contributed by atoms with Gasteiger partial charge in [-0.25, -0.2) is 0 Å². The van der Waals surface area contributed by atoms with Crippen LogP contribution in [-0.4, -0.2) is 37.6 Å². The highest BCUT2D eigenvalue weighted by Gasteiger charge is 2.27. The first-order valence-corrected chi connectivity index (χ1v) is 5.10. The van der Waals surface area contributed by atoms with Crippen LogP contribution in [0.2, 0.25) is 0 Å². The van der Waals surface area contributed by atoms with Crippen LogP contribution in [0.15, 0.2) is 0 Å². The fourth-order valence-electron chi connectivity index (χ4n) is 2.11. The minimum atomic E-state index is 0.435. The lowest BCUT2D eigenvalue weighted by molar-refractivity contribution is 0.284. The molecule has 1 rings (SSSR count). The third-order valence-corrected chi connectivity index (χ3v) is 3.37. The van der Waals surface area contributed by atoms with E-state index in [0.29, 0.717) is 5.54 Å². The molecule has 1 atom stereocenters. The molecule has 1 saturated heterocycles. The van der Waals surface area contributed by atoms with Crippen molar-refractivity contribution in [2.24, 2.45) is 0 Å². The average Bonchev–Trinajstić information content (AvgIpc) is 2.28. The van der Waals surface area contributed by atoms with E-state index in [9.17, 15) is 0 Å². The Morgan fingerprint density at radius 3 is 2.67 bits per heavy atom. The van der Waals surface area contributed by atoms with Crippen molar-refractivity contribution >= 4 is 0 Å². The van der Waals surface area contributed by atoms with Crippen molar-refractivity contribution in [3.8, 4) is 0 Å². The lowest BCUT2D eigenvalue weighted by Gasteiger charge is -2.31. The molecular formula is C10H22N2. The Kier molecular flexibility index (Phi) is 3.53. The molecular weight excluding hydrogens is 148 g/mol. The molecule has 0 aliphatic carbocycles.